The number of rotatable bonds is 6. The summed E-state index contributed by atoms with van der Waals surface area (Å²) in [5.41, 5.74) is 7.30. The zero-order valence-electron chi connectivity index (χ0n) is 21.9. The second kappa shape index (κ2) is 11.8. The van der Waals surface area contributed by atoms with Gasteiger partial charge in [-0.15, -0.1) is 0 Å². The smallest absolute Gasteiger partial charge is 0.274 e. The van der Waals surface area contributed by atoms with E-state index in [0.29, 0.717) is 40.7 Å². The third kappa shape index (κ3) is 5.55. The first-order valence-electron chi connectivity index (χ1n) is 12.9. The molecule has 0 spiro atoms. The number of nitrogens with one attached hydrogen (secondary N) is 2. The summed E-state index contributed by atoms with van der Waals surface area (Å²) in [7, 11) is 0. The quantitative estimate of drug-likeness (QED) is 0.322. The van der Waals surface area contributed by atoms with Crippen LogP contribution in [0.4, 0.5) is 5.82 Å². The minimum absolute atomic E-state index is 0.00731. The number of carbonyl (C=O) groups is 2. The van der Waals surface area contributed by atoms with Gasteiger partial charge in [0.15, 0.2) is 11.5 Å². The van der Waals surface area contributed by atoms with E-state index in [1.807, 2.05) is 48.5 Å². The predicted octanol–water partition coefficient (Wildman–Crippen LogP) is 2.50. The molecule has 2 aromatic carbocycles. The lowest BCUT2D eigenvalue weighted by atomic mass is 10.0. The first-order valence-corrected chi connectivity index (χ1v) is 12.9. The van der Waals surface area contributed by atoms with Crippen molar-refractivity contribution in [3.8, 4) is 17.5 Å². The summed E-state index contributed by atoms with van der Waals surface area (Å²) in [6, 6.07) is 15.9. The van der Waals surface area contributed by atoms with E-state index in [0.717, 1.165) is 6.42 Å². The van der Waals surface area contributed by atoms with Crippen LogP contribution in [0, 0.1) is 11.8 Å². The highest BCUT2D eigenvalue weighted by Crippen LogP contribution is 2.23. The Morgan fingerprint density at radius 1 is 1.15 bits per heavy atom. The van der Waals surface area contributed by atoms with Gasteiger partial charge >= 0.3 is 0 Å². The van der Waals surface area contributed by atoms with Crippen molar-refractivity contribution in [2.75, 3.05) is 18.9 Å². The van der Waals surface area contributed by atoms with Crippen LogP contribution in [-0.2, 0) is 9.53 Å². The van der Waals surface area contributed by atoms with Gasteiger partial charge in [-0.3, -0.25) is 19.0 Å². The highest BCUT2D eigenvalue weighted by atomic mass is 16.5. The van der Waals surface area contributed by atoms with Crippen LogP contribution in [0.5, 0.6) is 0 Å². The van der Waals surface area contributed by atoms with Crippen LogP contribution < -0.4 is 21.9 Å². The monoisotopic (exact) mass is 536 g/mol. The van der Waals surface area contributed by atoms with Crippen molar-refractivity contribution in [1.82, 2.24) is 25.2 Å². The number of anilines is 1. The van der Waals surface area contributed by atoms with Gasteiger partial charge < -0.3 is 21.1 Å². The van der Waals surface area contributed by atoms with Crippen molar-refractivity contribution in [1.29, 1.82) is 0 Å². The van der Waals surface area contributed by atoms with Crippen molar-refractivity contribution >= 4 is 28.4 Å². The van der Waals surface area contributed by atoms with Gasteiger partial charge in [0.1, 0.15) is 6.10 Å². The molecule has 10 heteroatoms. The lowest BCUT2D eigenvalue weighted by Gasteiger charge is -2.21. The number of amides is 2. The molecule has 202 valence electrons. The minimum Gasteiger partial charge on any atom is -0.382 e. The predicted molar refractivity (Wildman–Crippen MR) is 151 cm³/mol. The van der Waals surface area contributed by atoms with Crippen molar-refractivity contribution in [3.63, 3.8) is 0 Å². The van der Waals surface area contributed by atoms with E-state index in [2.05, 4.69) is 32.4 Å². The summed E-state index contributed by atoms with van der Waals surface area (Å²) in [6.45, 7) is 2.51. The number of benzene rings is 2. The lowest BCUT2D eigenvalue weighted by Crippen LogP contribution is -2.34. The van der Waals surface area contributed by atoms with Crippen LogP contribution in [0.25, 0.3) is 16.5 Å². The molecule has 1 saturated heterocycles. The minimum atomic E-state index is -0.589. The second-order valence-electron chi connectivity index (χ2n) is 9.32. The van der Waals surface area contributed by atoms with E-state index in [4.69, 9.17) is 10.5 Å². The van der Waals surface area contributed by atoms with Gasteiger partial charge in [0.05, 0.1) is 18.0 Å². The van der Waals surface area contributed by atoms with E-state index >= 15 is 0 Å². The van der Waals surface area contributed by atoms with Gasteiger partial charge in [-0.05, 0) is 49.4 Å². The Labute approximate surface area is 230 Å². The molecule has 0 saturated carbocycles. The maximum Gasteiger partial charge on any atom is 0.274 e. The maximum atomic E-state index is 14.1. The van der Waals surface area contributed by atoms with Crippen LogP contribution in [0.1, 0.15) is 47.6 Å². The number of nitrogens with zero attached hydrogens (tertiary/aromatic N) is 3. The SMILES string of the molecule is C[C@@H](NC(=O)c1nccnc1N)c1cc2cccc(C#CCNC(=O)[C@H]3CCCO3)c2c(=O)n1-c1ccccc1. The summed E-state index contributed by atoms with van der Waals surface area (Å²) in [6.07, 6.45) is 3.94. The standard InChI is InChI=1S/C30H28N6O4/c1-19(35-29(38)26-27(31)33-16-15-32-26)23-18-21-9-5-8-20(10-6-14-34-28(37)24-13-7-17-40-24)25(21)30(39)36(23)22-11-3-2-4-12-22/h2-5,8-9,11-12,15-16,18-19,24H,7,13-14,17H2,1H3,(H2,31,33)(H,34,37)(H,35,38)/t19-,24-/m1/s1. The van der Waals surface area contributed by atoms with Gasteiger partial charge in [0.2, 0.25) is 5.91 Å². The number of hydrogen-bond donors (Lipinski definition) is 3. The van der Waals surface area contributed by atoms with Crippen molar-refractivity contribution in [2.24, 2.45) is 0 Å². The molecule has 0 radical (unpaired) electrons. The molecule has 3 heterocycles. The third-order valence-corrected chi connectivity index (χ3v) is 6.62. The molecule has 2 aromatic heterocycles. The van der Waals surface area contributed by atoms with Gasteiger partial charge in [-0.1, -0.05) is 42.2 Å². The highest BCUT2D eigenvalue weighted by Gasteiger charge is 2.23. The Bertz CT molecular complexity index is 1680. The molecule has 4 aromatic rings. The molecule has 2 amide bonds. The zero-order valence-corrected chi connectivity index (χ0v) is 21.9. The molecular formula is C30H28N6O4. The summed E-state index contributed by atoms with van der Waals surface area (Å²) in [5.74, 6) is 5.33. The number of carbonyl (C=O) groups excluding carboxylic acids is 2. The van der Waals surface area contributed by atoms with E-state index < -0.39 is 18.1 Å². The Balaban J connectivity index is 1.51. The third-order valence-electron chi connectivity index (χ3n) is 6.62. The molecule has 5 rings (SSSR count). The number of fused-ring (bicyclic) bond motifs is 1. The number of aromatic nitrogens is 3. The summed E-state index contributed by atoms with van der Waals surface area (Å²) >= 11 is 0. The molecule has 0 aliphatic carbocycles. The summed E-state index contributed by atoms with van der Waals surface area (Å²) in [4.78, 5) is 47.2. The fraction of sp³-hybridized carbons (Fsp3) is 0.233. The van der Waals surface area contributed by atoms with Crippen molar-refractivity contribution in [3.05, 3.63) is 94.3 Å². The zero-order chi connectivity index (χ0) is 28.1. The molecule has 2 atom stereocenters. The number of nitrogens with two attached hydrogens (primary N) is 1. The van der Waals surface area contributed by atoms with Gasteiger partial charge in [-0.2, -0.15) is 0 Å². The summed E-state index contributed by atoms with van der Waals surface area (Å²) < 4.78 is 6.97. The van der Waals surface area contributed by atoms with E-state index in [9.17, 15) is 14.4 Å². The number of para-hydroxylation sites is 1. The number of hydrogen-bond acceptors (Lipinski definition) is 7. The highest BCUT2D eigenvalue weighted by molar-refractivity contribution is 5.96. The van der Waals surface area contributed by atoms with E-state index in [-0.39, 0.29) is 29.5 Å². The molecule has 0 unspecified atom stereocenters. The summed E-state index contributed by atoms with van der Waals surface area (Å²) in [5, 5.41) is 6.76. The Kier molecular flexibility index (Phi) is 7.84. The molecule has 10 nitrogen and oxygen atoms in total. The van der Waals surface area contributed by atoms with Crippen molar-refractivity contribution < 1.29 is 14.3 Å². The number of ether oxygens (including phenoxy) is 1. The van der Waals surface area contributed by atoms with Crippen LogP contribution in [0.15, 0.2) is 71.8 Å². The average molecular weight is 537 g/mol. The van der Waals surface area contributed by atoms with Crippen molar-refractivity contribution in [2.45, 2.75) is 31.9 Å². The molecule has 4 N–H and O–H groups in total. The normalized spacial score (nSPS) is 15.2. The van der Waals surface area contributed by atoms with Crippen LogP contribution in [-0.4, -0.2) is 45.6 Å². The van der Waals surface area contributed by atoms with Crippen LogP contribution >= 0.6 is 0 Å². The van der Waals surface area contributed by atoms with Gasteiger partial charge in [-0.25, -0.2) is 9.97 Å². The first-order chi connectivity index (χ1) is 19.4. The molecule has 1 fully saturated rings. The molecule has 1 aliphatic rings. The van der Waals surface area contributed by atoms with Gasteiger partial charge in [0, 0.05) is 35.9 Å². The first kappa shape index (κ1) is 26.6. The second-order valence-corrected chi connectivity index (χ2v) is 9.32. The fourth-order valence-corrected chi connectivity index (χ4v) is 4.68. The topological polar surface area (TPSA) is 141 Å². The lowest BCUT2D eigenvalue weighted by molar-refractivity contribution is -0.129. The largest absolute Gasteiger partial charge is 0.382 e. The number of pyridine rings is 1. The maximum absolute atomic E-state index is 14.1. The van der Waals surface area contributed by atoms with E-state index in [1.54, 1.807) is 17.6 Å². The molecular weight excluding hydrogens is 508 g/mol. The van der Waals surface area contributed by atoms with E-state index in [1.165, 1.54) is 12.4 Å². The Hall–Kier alpha value is -5.01. The fourth-order valence-electron chi connectivity index (χ4n) is 4.68. The van der Waals surface area contributed by atoms with Gasteiger partial charge in [0.25, 0.3) is 11.5 Å². The molecule has 1 aliphatic heterocycles. The molecule has 40 heavy (non-hydrogen) atoms. The number of nitrogen functional groups attached to an aromatic ring is 1. The van der Waals surface area contributed by atoms with Crippen LogP contribution in [0.3, 0.4) is 0 Å². The Morgan fingerprint density at radius 2 is 1.95 bits per heavy atom. The van der Waals surface area contributed by atoms with Crippen LogP contribution in [0.2, 0.25) is 0 Å². The molecule has 0 bridgehead atoms. The average Bonchev–Trinajstić information content (AvgIpc) is 3.51. The Morgan fingerprint density at radius 3 is 2.70 bits per heavy atom.